The summed E-state index contributed by atoms with van der Waals surface area (Å²) in [6.07, 6.45) is 2.80. The third-order valence-corrected chi connectivity index (χ3v) is 8.28. The number of fused-ring (bicyclic) bond motifs is 1. The number of carboxylic acid groups (broad SMARTS) is 1. The Balaban J connectivity index is 1.52. The Morgan fingerprint density at radius 3 is 2.43 bits per heavy atom. The second kappa shape index (κ2) is 12.1. The van der Waals surface area contributed by atoms with E-state index in [4.69, 9.17) is 21.4 Å². The van der Waals surface area contributed by atoms with Crippen molar-refractivity contribution in [3.05, 3.63) is 93.5 Å². The van der Waals surface area contributed by atoms with Gasteiger partial charge in [0.05, 0.1) is 4.90 Å². The molecule has 7 nitrogen and oxygen atoms in total. The van der Waals surface area contributed by atoms with Crippen LogP contribution in [0.15, 0.2) is 65.6 Å². The zero-order valence-corrected chi connectivity index (χ0v) is 21.9. The minimum atomic E-state index is -3.70. The van der Waals surface area contributed by atoms with Crippen LogP contribution in [0.5, 0.6) is 5.75 Å². The van der Waals surface area contributed by atoms with Gasteiger partial charge in [0, 0.05) is 24.1 Å². The second-order valence-corrected chi connectivity index (χ2v) is 11.4. The summed E-state index contributed by atoms with van der Waals surface area (Å²) in [5.41, 5.74) is 5.00. The molecule has 3 aromatic carbocycles. The number of hydrogen-bond acceptors (Lipinski definition) is 5. The quantitative estimate of drug-likeness (QED) is 0.332. The van der Waals surface area contributed by atoms with Crippen molar-refractivity contribution >= 4 is 27.6 Å². The number of carboxylic acids is 1. The molecule has 0 saturated heterocycles. The minimum absolute atomic E-state index is 0.0235. The highest BCUT2D eigenvalue weighted by Gasteiger charge is 2.26. The van der Waals surface area contributed by atoms with E-state index in [-0.39, 0.29) is 24.0 Å². The third-order valence-electron chi connectivity index (χ3n) is 6.49. The predicted octanol–water partition coefficient (Wildman–Crippen LogP) is 4.31. The van der Waals surface area contributed by atoms with Crippen LogP contribution in [0.4, 0.5) is 0 Å². The van der Waals surface area contributed by atoms with Gasteiger partial charge in [0.1, 0.15) is 12.4 Å². The van der Waals surface area contributed by atoms with E-state index in [1.54, 1.807) is 12.1 Å². The van der Waals surface area contributed by atoms with Gasteiger partial charge >= 0.3 is 5.97 Å². The minimum Gasteiger partial charge on any atom is -0.489 e. The number of carbonyl (C=O) groups is 1. The number of aliphatic hydroxyl groups excluding tert-OH is 1. The highest BCUT2D eigenvalue weighted by molar-refractivity contribution is 7.89. The molecular formula is C28H30ClNO6S. The summed E-state index contributed by atoms with van der Waals surface area (Å²) < 4.78 is 34.6. The Morgan fingerprint density at radius 2 is 1.76 bits per heavy atom. The highest BCUT2D eigenvalue weighted by atomic mass is 35.5. The summed E-state index contributed by atoms with van der Waals surface area (Å²) in [4.78, 5) is 11.4. The molecule has 0 fully saturated rings. The molecule has 3 aromatic rings. The Labute approximate surface area is 222 Å². The van der Waals surface area contributed by atoms with Crippen LogP contribution in [0.2, 0.25) is 5.02 Å². The van der Waals surface area contributed by atoms with Crippen molar-refractivity contribution in [1.82, 2.24) is 4.72 Å². The molecule has 0 amide bonds. The van der Waals surface area contributed by atoms with Crippen LogP contribution in [0.1, 0.15) is 40.7 Å². The maximum absolute atomic E-state index is 12.9. The number of hydrogen-bond donors (Lipinski definition) is 3. The standard InChI is InChI=1S/C28H30ClNO6S/c29-23-4-9-26(10-5-23)37(34,35)30-24-6-11-27-21(3-12-28(32)33)15-20(16-22(27)17-24)18-36-25-7-1-19(2-8-25)13-14-31/h1-2,4-5,7-10,15-16,24,30-31H,3,6,11-14,17-18H2,(H,32,33). The van der Waals surface area contributed by atoms with Crippen LogP contribution in [-0.4, -0.2) is 37.2 Å². The van der Waals surface area contributed by atoms with Crippen molar-refractivity contribution in [2.75, 3.05) is 6.61 Å². The van der Waals surface area contributed by atoms with E-state index in [1.165, 1.54) is 12.1 Å². The first-order valence-corrected chi connectivity index (χ1v) is 14.1. The van der Waals surface area contributed by atoms with Gasteiger partial charge in [0.2, 0.25) is 10.0 Å². The molecule has 0 saturated carbocycles. The van der Waals surface area contributed by atoms with Gasteiger partial charge in [-0.15, -0.1) is 0 Å². The molecule has 0 spiro atoms. The number of ether oxygens (including phenoxy) is 1. The fraction of sp³-hybridized carbons (Fsp3) is 0.321. The zero-order valence-electron chi connectivity index (χ0n) is 20.3. The molecule has 1 unspecified atom stereocenters. The number of halogens is 1. The summed E-state index contributed by atoms with van der Waals surface area (Å²) in [5, 5.41) is 18.8. The van der Waals surface area contributed by atoms with Crippen molar-refractivity contribution < 1.29 is 28.2 Å². The molecule has 1 aliphatic rings. The number of sulfonamides is 1. The first kappa shape index (κ1) is 27.1. The van der Waals surface area contributed by atoms with Gasteiger partial charge < -0.3 is 14.9 Å². The highest BCUT2D eigenvalue weighted by Crippen LogP contribution is 2.29. The average molecular weight is 544 g/mol. The van der Waals surface area contributed by atoms with Gasteiger partial charge in [-0.05, 0) is 96.3 Å². The number of aryl methyl sites for hydroxylation is 1. The fourth-order valence-electron chi connectivity index (χ4n) is 4.66. The van der Waals surface area contributed by atoms with Gasteiger partial charge in [-0.1, -0.05) is 35.9 Å². The zero-order chi connectivity index (χ0) is 26.4. The van der Waals surface area contributed by atoms with Crippen LogP contribution in [-0.2, 0) is 47.1 Å². The van der Waals surface area contributed by atoms with E-state index in [0.29, 0.717) is 49.5 Å². The van der Waals surface area contributed by atoms with Crippen molar-refractivity contribution in [3.8, 4) is 5.75 Å². The summed E-state index contributed by atoms with van der Waals surface area (Å²) in [5.74, 6) is -0.164. The van der Waals surface area contributed by atoms with Gasteiger partial charge in [-0.2, -0.15) is 0 Å². The number of aliphatic hydroxyl groups is 1. The molecule has 1 aliphatic carbocycles. The van der Waals surface area contributed by atoms with E-state index < -0.39 is 16.0 Å². The third kappa shape index (κ3) is 7.32. The van der Waals surface area contributed by atoms with Crippen molar-refractivity contribution in [1.29, 1.82) is 0 Å². The molecule has 37 heavy (non-hydrogen) atoms. The molecule has 9 heteroatoms. The molecule has 0 radical (unpaired) electrons. The molecular weight excluding hydrogens is 514 g/mol. The Morgan fingerprint density at radius 1 is 1.03 bits per heavy atom. The summed E-state index contributed by atoms with van der Waals surface area (Å²) >= 11 is 5.90. The maximum Gasteiger partial charge on any atom is 0.303 e. The molecule has 4 rings (SSSR count). The van der Waals surface area contributed by atoms with Gasteiger partial charge in [0.15, 0.2) is 0 Å². The Bertz CT molecular complexity index is 1340. The van der Waals surface area contributed by atoms with Crippen LogP contribution < -0.4 is 9.46 Å². The predicted molar refractivity (Wildman–Crippen MR) is 142 cm³/mol. The lowest BCUT2D eigenvalue weighted by Gasteiger charge is -2.28. The first-order chi connectivity index (χ1) is 17.7. The number of benzene rings is 3. The van der Waals surface area contributed by atoms with E-state index in [9.17, 15) is 18.3 Å². The van der Waals surface area contributed by atoms with E-state index in [0.717, 1.165) is 27.8 Å². The van der Waals surface area contributed by atoms with Crippen LogP contribution in [0.3, 0.4) is 0 Å². The largest absolute Gasteiger partial charge is 0.489 e. The summed E-state index contributed by atoms with van der Waals surface area (Å²) in [6.45, 7) is 0.388. The number of nitrogens with one attached hydrogen (secondary N) is 1. The van der Waals surface area contributed by atoms with Gasteiger partial charge in [-0.25, -0.2) is 13.1 Å². The molecule has 3 N–H and O–H groups in total. The Hall–Kier alpha value is -2.91. The van der Waals surface area contributed by atoms with Crippen molar-refractivity contribution in [3.63, 3.8) is 0 Å². The molecule has 0 aliphatic heterocycles. The van der Waals surface area contributed by atoms with E-state index in [2.05, 4.69) is 4.72 Å². The SMILES string of the molecule is O=C(O)CCc1cc(COc2ccc(CCO)cc2)cc2c1CCC(NS(=O)(=O)c1ccc(Cl)cc1)C2. The maximum atomic E-state index is 12.9. The van der Waals surface area contributed by atoms with Gasteiger partial charge in [0.25, 0.3) is 0 Å². The first-order valence-electron chi connectivity index (χ1n) is 12.2. The van der Waals surface area contributed by atoms with Gasteiger partial charge in [-0.3, -0.25) is 4.79 Å². The monoisotopic (exact) mass is 543 g/mol. The van der Waals surface area contributed by atoms with E-state index >= 15 is 0 Å². The topological polar surface area (TPSA) is 113 Å². The number of aliphatic carboxylic acids is 1. The van der Waals surface area contributed by atoms with Crippen molar-refractivity contribution in [2.24, 2.45) is 0 Å². The molecule has 1 atom stereocenters. The smallest absolute Gasteiger partial charge is 0.303 e. The van der Waals surface area contributed by atoms with Crippen molar-refractivity contribution in [2.45, 2.75) is 56.1 Å². The normalized spacial score (nSPS) is 15.2. The van der Waals surface area contributed by atoms with E-state index in [1.807, 2.05) is 36.4 Å². The molecule has 0 heterocycles. The molecule has 0 aromatic heterocycles. The lowest BCUT2D eigenvalue weighted by atomic mass is 9.83. The molecule has 0 bridgehead atoms. The summed E-state index contributed by atoms with van der Waals surface area (Å²) in [7, 11) is -3.70. The number of rotatable bonds is 11. The average Bonchev–Trinajstić information content (AvgIpc) is 2.87. The van der Waals surface area contributed by atoms with Crippen LogP contribution in [0.25, 0.3) is 0 Å². The fourth-order valence-corrected chi connectivity index (χ4v) is 6.05. The second-order valence-electron chi connectivity index (χ2n) is 9.21. The Kier molecular flexibility index (Phi) is 8.87. The van der Waals surface area contributed by atoms with Crippen LogP contribution >= 0.6 is 11.6 Å². The lowest BCUT2D eigenvalue weighted by molar-refractivity contribution is -0.136. The summed E-state index contributed by atoms with van der Waals surface area (Å²) in [6, 6.07) is 17.4. The lowest BCUT2D eigenvalue weighted by Crippen LogP contribution is -2.39. The molecule has 196 valence electrons. The van der Waals surface area contributed by atoms with Crippen LogP contribution in [0, 0.1) is 0 Å².